The Morgan fingerprint density at radius 1 is 1.04 bits per heavy atom. The van der Waals surface area contributed by atoms with Gasteiger partial charge in [-0.1, -0.05) is 12.1 Å². The number of carbonyl (C=O) groups is 2. The first-order valence-electron chi connectivity index (χ1n) is 9.00. The Kier molecular flexibility index (Phi) is 5.81. The number of hydrogen-bond donors (Lipinski definition) is 2. The summed E-state index contributed by atoms with van der Waals surface area (Å²) < 4.78 is 25.5. The SMILES string of the molecule is CN(C)S(=O)(=O)c1cccc(C(=O)NCC(=O)Nc2ccc3c(c2)CCC3)c1. The van der Waals surface area contributed by atoms with E-state index >= 15 is 0 Å². The summed E-state index contributed by atoms with van der Waals surface area (Å²) in [5.41, 5.74) is 3.45. The molecule has 2 amide bonds. The summed E-state index contributed by atoms with van der Waals surface area (Å²) in [4.78, 5) is 24.5. The summed E-state index contributed by atoms with van der Waals surface area (Å²) in [6.07, 6.45) is 3.22. The lowest BCUT2D eigenvalue weighted by Gasteiger charge is -2.12. The molecule has 0 saturated heterocycles. The Balaban J connectivity index is 1.60. The minimum atomic E-state index is -3.64. The van der Waals surface area contributed by atoms with Crippen molar-refractivity contribution in [1.82, 2.24) is 9.62 Å². The van der Waals surface area contributed by atoms with E-state index in [0.29, 0.717) is 5.69 Å². The number of rotatable bonds is 6. The van der Waals surface area contributed by atoms with Crippen LogP contribution in [0.1, 0.15) is 27.9 Å². The molecule has 28 heavy (non-hydrogen) atoms. The molecule has 2 aromatic rings. The van der Waals surface area contributed by atoms with Crippen molar-refractivity contribution in [1.29, 1.82) is 0 Å². The third-order valence-electron chi connectivity index (χ3n) is 4.67. The fraction of sp³-hybridized carbons (Fsp3) is 0.300. The largest absolute Gasteiger partial charge is 0.343 e. The van der Waals surface area contributed by atoms with Gasteiger partial charge in [-0.15, -0.1) is 0 Å². The predicted octanol–water partition coefficient (Wildman–Crippen LogP) is 1.79. The zero-order chi connectivity index (χ0) is 20.3. The highest BCUT2D eigenvalue weighted by molar-refractivity contribution is 7.89. The summed E-state index contributed by atoms with van der Waals surface area (Å²) in [5, 5.41) is 5.29. The minimum Gasteiger partial charge on any atom is -0.343 e. The van der Waals surface area contributed by atoms with Gasteiger partial charge >= 0.3 is 0 Å². The topological polar surface area (TPSA) is 95.6 Å². The summed E-state index contributed by atoms with van der Waals surface area (Å²) in [5.74, 6) is -0.858. The molecule has 0 saturated carbocycles. The second-order valence-electron chi connectivity index (χ2n) is 6.88. The number of carbonyl (C=O) groups excluding carboxylic acids is 2. The van der Waals surface area contributed by atoms with Crippen LogP contribution in [0, 0.1) is 0 Å². The van der Waals surface area contributed by atoms with Crippen LogP contribution in [0.4, 0.5) is 5.69 Å². The van der Waals surface area contributed by atoms with Crippen LogP contribution < -0.4 is 10.6 Å². The smallest absolute Gasteiger partial charge is 0.251 e. The van der Waals surface area contributed by atoms with Crippen LogP contribution in [0.5, 0.6) is 0 Å². The first-order chi connectivity index (χ1) is 13.3. The number of nitrogens with zero attached hydrogens (tertiary/aromatic N) is 1. The maximum atomic E-state index is 12.3. The van der Waals surface area contributed by atoms with Gasteiger partial charge in [-0.2, -0.15) is 0 Å². The van der Waals surface area contributed by atoms with Gasteiger partial charge in [0.1, 0.15) is 0 Å². The van der Waals surface area contributed by atoms with Crippen LogP contribution in [0.3, 0.4) is 0 Å². The second-order valence-corrected chi connectivity index (χ2v) is 9.03. The fourth-order valence-electron chi connectivity index (χ4n) is 3.13. The standard InChI is InChI=1S/C20H23N3O4S/c1-23(2)28(26,27)18-8-4-7-16(12-18)20(25)21-13-19(24)22-17-10-9-14-5-3-6-15(14)11-17/h4,7-12H,3,5-6,13H2,1-2H3,(H,21,25)(H,22,24). The number of benzene rings is 2. The molecule has 1 aliphatic carbocycles. The van der Waals surface area contributed by atoms with Gasteiger partial charge in [0.2, 0.25) is 15.9 Å². The molecule has 2 aromatic carbocycles. The summed E-state index contributed by atoms with van der Waals surface area (Å²) in [6, 6.07) is 11.6. The molecule has 0 radical (unpaired) electrons. The average molecular weight is 401 g/mol. The van der Waals surface area contributed by atoms with E-state index in [1.165, 1.54) is 49.5 Å². The van der Waals surface area contributed by atoms with E-state index in [-0.39, 0.29) is 22.9 Å². The average Bonchev–Trinajstić information content (AvgIpc) is 3.14. The van der Waals surface area contributed by atoms with Crippen molar-refractivity contribution in [3.8, 4) is 0 Å². The molecule has 0 spiro atoms. The van der Waals surface area contributed by atoms with E-state index in [1.54, 1.807) is 0 Å². The van der Waals surface area contributed by atoms with Crippen LogP contribution in [0.25, 0.3) is 0 Å². The lowest BCUT2D eigenvalue weighted by molar-refractivity contribution is -0.115. The zero-order valence-electron chi connectivity index (χ0n) is 15.9. The molecule has 0 bridgehead atoms. The summed E-state index contributed by atoms with van der Waals surface area (Å²) >= 11 is 0. The highest BCUT2D eigenvalue weighted by Gasteiger charge is 2.19. The maximum Gasteiger partial charge on any atom is 0.251 e. The molecule has 148 valence electrons. The lowest BCUT2D eigenvalue weighted by atomic mass is 10.1. The highest BCUT2D eigenvalue weighted by Crippen LogP contribution is 2.24. The van der Waals surface area contributed by atoms with E-state index < -0.39 is 15.9 Å². The van der Waals surface area contributed by atoms with Crippen molar-refractivity contribution in [2.45, 2.75) is 24.2 Å². The first-order valence-corrected chi connectivity index (χ1v) is 10.4. The fourth-order valence-corrected chi connectivity index (χ4v) is 4.07. The Morgan fingerprint density at radius 3 is 2.54 bits per heavy atom. The van der Waals surface area contributed by atoms with E-state index in [0.717, 1.165) is 23.6 Å². The van der Waals surface area contributed by atoms with Crippen molar-refractivity contribution in [3.05, 3.63) is 59.2 Å². The number of sulfonamides is 1. The summed E-state index contributed by atoms with van der Waals surface area (Å²) in [6.45, 7) is -0.208. The Labute approximate surface area is 164 Å². The Hall–Kier alpha value is -2.71. The van der Waals surface area contributed by atoms with Crippen molar-refractivity contribution >= 4 is 27.5 Å². The third kappa shape index (κ3) is 4.40. The van der Waals surface area contributed by atoms with Crippen LogP contribution in [-0.4, -0.2) is 45.2 Å². The van der Waals surface area contributed by atoms with E-state index in [2.05, 4.69) is 10.6 Å². The quantitative estimate of drug-likeness (QED) is 0.771. The molecular weight excluding hydrogens is 378 g/mol. The Morgan fingerprint density at radius 2 is 1.79 bits per heavy atom. The van der Waals surface area contributed by atoms with Crippen molar-refractivity contribution in [3.63, 3.8) is 0 Å². The van der Waals surface area contributed by atoms with Gasteiger partial charge < -0.3 is 10.6 Å². The van der Waals surface area contributed by atoms with Gasteiger partial charge in [-0.3, -0.25) is 9.59 Å². The number of fused-ring (bicyclic) bond motifs is 1. The normalized spacial score (nSPS) is 13.2. The lowest BCUT2D eigenvalue weighted by Crippen LogP contribution is -2.33. The zero-order valence-corrected chi connectivity index (χ0v) is 16.7. The molecule has 0 aliphatic heterocycles. The Bertz CT molecular complexity index is 1020. The molecule has 7 nitrogen and oxygen atoms in total. The molecule has 1 aliphatic rings. The van der Waals surface area contributed by atoms with Gasteiger partial charge in [0, 0.05) is 25.3 Å². The van der Waals surface area contributed by atoms with Crippen LogP contribution in [0.15, 0.2) is 47.4 Å². The molecule has 0 fully saturated rings. The number of aryl methyl sites for hydroxylation is 2. The van der Waals surface area contributed by atoms with Gasteiger partial charge in [0.25, 0.3) is 5.91 Å². The number of amides is 2. The third-order valence-corrected chi connectivity index (χ3v) is 6.48. The molecular formula is C20H23N3O4S. The van der Waals surface area contributed by atoms with Gasteiger partial charge in [0.15, 0.2) is 0 Å². The maximum absolute atomic E-state index is 12.3. The van der Waals surface area contributed by atoms with Crippen LogP contribution >= 0.6 is 0 Å². The van der Waals surface area contributed by atoms with Crippen molar-refractivity contribution < 1.29 is 18.0 Å². The summed E-state index contributed by atoms with van der Waals surface area (Å²) in [7, 11) is -0.792. The minimum absolute atomic E-state index is 0.0211. The van der Waals surface area contributed by atoms with Crippen molar-refractivity contribution in [2.75, 3.05) is 26.0 Å². The molecule has 0 aromatic heterocycles. The predicted molar refractivity (Wildman–Crippen MR) is 107 cm³/mol. The molecule has 0 atom stereocenters. The van der Waals surface area contributed by atoms with E-state index in [1.807, 2.05) is 18.2 Å². The molecule has 0 unspecified atom stereocenters. The monoisotopic (exact) mass is 401 g/mol. The molecule has 3 rings (SSSR count). The number of hydrogen-bond acceptors (Lipinski definition) is 4. The van der Waals surface area contributed by atoms with E-state index in [4.69, 9.17) is 0 Å². The number of nitrogens with one attached hydrogen (secondary N) is 2. The van der Waals surface area contributed by atoms with Gasteiger partial charge in [0.05, 0.1) is 11.4 Å². The first kappa shape index (κ1) is 20.0. The van der Waals surface area contributed by atoms with E-state index in [9.17, 15) is 18.0 Å². The van der Waals surface area contributed by atoms with Crippen molar-refractivity contribution in [2.24, 2.45) is 0 Å². The van der Waals surface area contributed by atoms with Gasteiger partial charge in [-0.25, -0.2) is 12.7 Å². The molecule has 0 heterocycles. The number of anilines is 1. The molecule has 2 N–H and O–H groups in total. The van der Waals surface area contributed by atoms with Crippen LogP contribution in [-0.2, 0) is 27.7 Å². The highest BCUT2D eigenvalue weighted by atomic mass is 32.2. The molecule has 8 heteroatoms. The second kappa shape index (κ2) is 8.12. The van der Waals surface area contributed by atoms with Gasteiger partial charge in [-0.05, 0) is 60.7 Å². The van der Waals surface area contributed by atoms with Crippen LogP contribution in [0.2, 0.25) is 0 Å².